The van der Waals surface area contributed by atoms with E-state index in [1.54, 1.807) is 6.07 Å². The molecule has 0 aromatic heterocycles. The van der Waals surface area contributed by atoms with Crippen LogP contribution in [0.3, 0.4) is 0 Å². The lowest BCUT2D eigenvalue weighted by atomic mass is 9.81. The summed E-state index contributed by atoms with van der Waals surface area (Å²) in [6.07, 6.45) is 1.96. The lowest BCUT2D eigenvalue weighted by Gasteiger charge is -2.30. The Morgan fingerprint density at radius 3 is 2.50 bits per heavy atom. The van der Waals surface area contributed by atoms with Crippen LogP contribution in [-0.4, -0.2) is 12.6 Å². The zero-order valence-corrected chi connectivity index (χ0v) is 13.3. The molecule has 0 aliphatic carbocycles. The molecule has 0 aliphatic rings. The first-order chi connectivity index (χ1) is 8.34. The molecule has 18 heavy (non-hydrogen) atoms. The van der Waals surface area contributed by atoms with Crippen LogP contribution in [0.4, 0.5) is 4.39 Å². The average molecular weight is 316 g/mol. The Kier molecular flexibility index (Phi) is 5.80. The minimum Gasteiger partial charge on any atom is -0.314 e. The number of halogens is 2. The van der Waals surface area contributed by atoms with Crippen molar-refractivity contribution >= 4 is 15.9 Å². The summed E-state index contributed by atoms with van der Waals surface area (Å²) < 4.78 is 14.2. The van der Waals surface area contributed by atoms with Gasteiger partial charge in [-0.25, -0.2) is 4.39 Å². The van der Waals surface area contributed by atoms with E-state index in [-0.39, 0.29) is 11.2 Å². The van der Waals surface area contributed by atoms with Gasteiger partial charge >= 0.3 is 0 Å². The Morgan fingerprint density at radius 1 is 1.33 bits per heavy atom. The molecule has 1 aromatic rings. The highest BCUT2D eigenvalue weighted by Gasteiger charge is 2.23. The molecular weight excluding hydrogens is 293 g/mol. The highest BCUT2D eigenvalue weighted by molar-refractivity contribution is 9.10. The van der Waals surface area contributed by atoms with Crippen molar-refractivity contribution in [3.63, 3.8) is 0 Å². The van der Waals surface area contributed by atoms with E-state index in [0.29, 0.717) is 6.04 Å². The van der Waals surface area contributed by atoms with Gasteiger partial charge in [0.15, 0.2) is 0 Å². The topological polar surface area (TPSA) is 12.0 Å². The second-order valence-corrected chi connectivity index (χ2v) is 6.57. The fraction of sp³-hybridized carbons (Fsp3) is 0.600. The van der Waals surface area contributed by atoms with Crippen LogP contribution in [0.15, 0.2) is 22.7 Å². The highest BCUT2D eigenvalue weighted by atomic mass is 79.9. The monoisotopic (exact) mass is 315 g/mol. The molecule has 1 N–H and O–H groups in total. The Labute approximate surface area is 118 Å². The molecule has 0 saturated heterocycles. The number of nitrogens with one attached hydrogen (secondary N) is 1. The first-order valence-electron chi connectivity index (χ1n) is 6.53. The van der Waals surface area contributed by atoms with Gasteiger partial charge in [0, 0.05) is 17.1 Å². The normalized spacial score (nSPS) is 14.8. The third-order valence-corrected chi connectivity index (χ3v) is 3.80. The van der Waals surface area contributed by atoms with E-state index in [2.05, 4.69) is 48.9 Å². The lowest BCUT2D eigenvalue weighted by molar-refractivity contribution is 0.281. The van der Waals surface area contributed by atoms with Crippen LogP contribution in [0.5, 0.6) is 0 Å². The van der Waals surface area contributed by atoms with Crippen LogP contribution >= 0.6 is 15.9 Å². The fourth-order valence-electron chi connectivity index (χ4n) is 1.97. The highest BCUT2D eigenvalue weighted by Crippen LogP contribution is 2.27. The van der Waals surface area contributed by atoms with E-state index in [1.165, 1.54) is 6.07 Å². The second kappa shape index (κ2) is 6.67. The Balaban J connectivity index is 2.77. The molecule has 1 aromatic carbocycles. The third-order valence-electron chi connectivity index (χ3n) is 3.34. The summed E-state index contributed by atoms with van der Waals surface area (Å²) >= 11 is 3.35. The van der Waals surface area contributed by atoms with Gasteiger partial charge in [-0.15, -0.1) is 0 Å². The Morgan fingerprint density at radius 2 is 2.00 bits per heavy atom. The van der Waals surface area contributed by atoms with Crippen LogP contribution in [0.1, 0.15) is 39.7 Å². The molecule has 1 nitrogen and oxygen atoms in total. The Bertz CT molecular complexity index is 372. The van der Waals surface area contributed by atoms with Crippen molar-refractivity contribution in [2.45, 2.75) is 46.6 Å². The van der Waals surface area contributed by atoms with Gasteiger partial charge in [-0.3, -0.25) is 0 Å². The van der Waals surface area contributed by atoms with Crippen molar-refractivity contribution < 1.29 is 4.39 Å². The van der Waals surface area contributed by atoms with E-state index in [4.69, 9.17) is 0 Å². The largest absolute Gasteiger partial charge is 0.314 e. The van der Waals surface area contributed by atoms with Gasteiger partial charge in [-0.2, -0.15) is 0 Å². The second-order valence-electron chi connectivity index (χ2n) is 5.65. The van der Waals surface area contributed by atoms with E-state index in [1.807, 2.05) is 6.07 Å². The van der Waals surface area contributed by atoms with Crippen molar-refractivity contribution in [3.8, 4) is 0 Å². The van der Waals surface area contributed by atoms with Crippen LogP contribution in [0.25, 0.3) is 0 Å². The average Bonchev–Trinajstić information content (AvgIpc) is 2.25. The fourth-order valence-corrected chi connectivity index (χ4v) is 2.48. The summed E-state index contributed by atoms with van der Waals surface area (Å²) in [5.74, 6) is -0.172. The first kappa shape index (κ1) is 15.6. The van der Waals surface area contributed by atoms with Gasteiger partial charge in [-0.1, -0.05) is 43.6 Å². The predicted octanol–water partition coefficient (Wildman–Crippen LogP) is 4.55. The maximum atomic E-state index is 13.4. The Hall–Kier alpha value is -0.410. The minimum absolute atomic E-state index is 0.164. The zero-order chi connectivity index (χ0) is 13.8. The summed E-state index contributed by atoms with van der Waals surface area (Å²) in [6, 6.07) is 5.62. The standard InChI is InChI=1S/C15H23BrFN/c1-5-15(4,10-18-11(2)3)9-12-6-13(16)8-14(17)7-12/h6-8,11,18H,5,9-10H2,1-4H3. The smallest absolute Gasteiger partial charge is 0.124 e. The summed E-state index contributed by atoms with van der Waals surface area (Å²) in [4.78, 5) is 0. The van der Waals surface area contributed by atoms with E-state index >= 15 is 0 Å². The zero-order valence-electron chi connectivity index (χ0n) is 11.7. The molecule has 0 fully saturated rings. The summed E-state index contributed by atoms with van der Waals surface area (Å²) in [5, 5.41) is 3.48. The van der Waals surface area contributed by atoms with Gasteiger partial charge < -0.3 is 5.32 Å². The maximum Gasteiger partial charge on any atom is 0.124 e. The van der Waals surface area contributed by atoms with Gasteiger partial charge in [0.2, 0.25) is 0 Å². The quantitative estimate of drug-likeness (QED) is 0.812. The predicted molar refractivity (Wildman–Crippen MR) is 79.3 cm³/mol. The molecule has 1 unspecified atom stereocenters. The number of hydrogen-bond donors (Lipinski definition) is 1. The van der Waals surface area contributed by atoms with E-state index < -0.39 is 0 Å². The molecular formula is C15H23BrFN. The van der Waals surface area contributed by atoms with Gasteiger partial charge in [0.1, 0.15) is 5.82 Å². The number of hydrogen-bond acceptors (Lipinski definition) is 1. The van der Waals surface area contributed by atoms with Gasteiger partial charge in [-0.05, 0) is 42.0 Å². The van der Waals surface area contributed by atoms with Crippen molar-refractivity contribution in [2.75, 3.05) is 6.54 Å². The summed E-state index contributed by atoms with van der Waals surface area (Å²) in [5.41, 5.74) is 1.22. The van der Waals surface area contributed by atoms with E-state index in [9.17, 15) is 4.39 Å². The first-order valence-corrected chi connectivity index (χ1v) is 7.32. The molecule has 0 heterocycles. The molecule has 1 rings (SSSR count). The van der Waals surface area contributed by atoms with Crippen LogP contribution in [0.2, 0.25) is 0 Å². The van der Waals surface area contributed by atoms with Crippen molar-refractivity contribution in [2.24, 2.45) is 5.41 Å². The van der Waals surface area contributed by atoms with E-state index in [0.717, 1.165) is 29.4 Å². The van der Waals surface area contributed by atoms with Crippen LogP contribution < -0.4 is 5.32 Å². The van der Waals surface area contributed by atoms with Crippen molar-refractivity contribution in [1.29, 1.82) is 0 Å². The molecule has 0 amide bonds. The SMILES string of the molecule is CCC(C)(CNC(C)C)Cc1cc(F)cc(Br)c1. The van der Waals surface area contributed by atoms with Crippen LogP contribution in [0, 0.1) is 11.2 Å². The molecule has 0 radical (unpaired) electrons. The minimum atomic E-state index is -0.172. The lowest BCUT2D eigenvalue weighted by Crippen LogP contribution is -2.36. The molecule has 102 valence electrons. The maximum absolute atomic E-state index is 13.4. The van der Waals surface area contributed by atoms with Gasteiger partial charge in [0.05, 0.1) is 0 Å². The summed E-state index contributed by atoms with van der Waals surface area (Å²) in [6.45, 7) is 9.69. The van der Waals surface area contributed by atoms with Crippen molar-refractivity contribution in [1.82, 2.24) is 5.32 Å². The third kappa shape index (κ3) is 5.07. The number of rotatable bonds is 6. The van der Waals surface area contributed by atoms with Crippen molar-refractivity contribution in [3.05, 3.63) is 34.1 Å². The molecule has 0 saturated carbocycles. The van der Waals surface area contributed by atoms with Gasteiger partial charge in [0.25, 0.3) is 0 Å². The summed E-state index contributed by atoms with van der Waals surface area (Å²) in [7, 11) is 0. The van der Waals surface area contributed by atoms with Crippen LogP contribution in [-0.2, 0) is 6.42 Å². The number of benzene rings is 1. The molecule has 0 aliphatic heterocycles. The molecule has 0 bridgehead atoms. The molecule has 0 spiro atoms. The molecule has 3 heteroatoms. The molecule has 1 atom stereocenters.